The van der Waals surface area contributed by atoms with Crippen molar-refractivity contribution in [3.63, 3.8) is 0 Å². The van der Waals surface area contributed by atoms with Crippen LogP contribution in [0, 0.1) is 0 Å². The van der Waals surface area contributed by atoms with Crippen LogP contribution in [-0.2, 0) is 34.1 Å². The lowest BCUT2D eigenvalue weighted by atomic mass is 10.1. The van der Waals surface area contributed by atoms with E-state index in [0.29, 0.717) is 5.19 Å². The molecule has 0 spiro atoms. The van der Waals surface area contributed by atoms with Gasteiger partial charge >= 0.3 is 8.80 Å². The van der Waals surface area contributed by atoms with Crippen molar-refractivity contribution in [3.8, 4) is 0 Å². The second-order valence-corrected chi connectivity index (χ2v) is 7.44. The van der Waals surface area contributed by atoms with Crippen LogP contribution < -0.4 is 5.19 Å². The highest BCUT2D eigenvalue weighted by Crippen LogP contribution is 2.14. The molecule has 0 heterocycles. The summed E-state index contributed by atoms with van der Waals surface area (Å²) in [5.74, 6) is -2.06. The standard InChI is InChI=1S/C16H22O6Si/c1-5-6-7-15-8-10-16(11-9-15)23(20-12(2)17,21-13(3)18)22-14(4)19/h8-11H,5-7H2,1-4H3. The molecule has 0 amide bonds. The van der Waals surface area contributed by atoms with Crippen LogP contribution in [0.3, 0.4) is 0 Å². The average Bonchev–Trinajstić information content (AvgIpc) is 2.43. The Bertz CT molecular complexity index is 526. The number of hydrogen-bond acceptors (Lipinski definition) is 6. The number of rotatable bonds is 7. The predicted octanol–water partition coefficient (Wildman–Crippen LogP) is 1.86. The number of hydrogen-bond donors (Lipinski definition) is 0. The van der Waals surface area contributed by atoms with Crippen LogP contribution >= 0.6 is 0 Å². The van der Waals surface area contributed by atoms with Crippen LogP contribution in [0.2, 0.25) is 0 Å². The summed E-state index contributed by atoms with van der Waals surface area (Å²) in [6.07, 6.45) is 3.05. The Morgan fingerprint density at radius 2 is 1.30 bits per heavy atom. The van der Waals surface area contributed by atoms with Gasteiger partial charge in [0.1, 0.15) is 0 Å². The normalized spacial score (nSPS) is 10.8. The summed E-state index contributed by atoms with van der Waals surface area (Å²) in [4.78, 5) is 34.3. The van der Waals surface area contributed by atoms with E-state index in [0.717, 1.165) is 24.8 Å². The van der Waals surface area contributed by atoms with Gasteiger partial charge in [-0.15, -0.1) is 0 Å². The van der Waals surface area contributed by atoms with E-state index in [1.807, 2.05) is 12.1 Å². The van der Waals surface area contributed by atoms with Crippen molar-refractivity contribution in [2.75, 3.05) is 0 Å². The molecular formula is C16H22O6Si. The largest absolute Gasteiger partial charge is 0.742 e. The second-order valence-electron chi connectivity index (χ2n) is 5.14. The lowest BCUT2D eigenvalue weighted by Gasteiger charge is -2.26. The van der Waals surface area contributed by atoms with Crippen LogP contribution in [0.5, 0.6) is 0 Å². The minimum Gasteiger partial charge on any atom is -0.452 e. The number of carbonyl (C=O) groups is 3. The second kappa shape index (κ2) is 8.47. The van der Waals surface area contributed by atoms with E-state index >= 15 is 0 Å². The number of aryl methyl sites for hydroxylation is 1. The fourth-order valence-electron chi connectivity index (χ4n) is 2.06. The van der Waals surface area contributed by atoms with Crippen molar-refractivity contribution < 1.29 is 27.7 Å². The fraction of sp³-hybridized carbons (Fsp3) is 0.438. The Labute approximate surface area is 137 Å². The monoisotopic (exact) mass is 338 g/mol. The van der Waals surface area contributed by atoms with Crippen molar-refractivity contribution >= 4 is 31.9 Å². The van der Waals surface area contributed by atoms with Crippen LogP contribution in [-0.4, -0.2) is 26.7 Å². The summed E-state index contributed by atoms with van der Waals surface area (Å²) in [5.41, 5.74) is 1.10. The smallest absolute Gasteiger partial charge is 0.452 e. The van der Waals surface area contributed by atoms with E-state index in [4.69, 9.17) is 13.3 Å². The van der Waals surface area contributed by atoms with Gasteiger partial charge in [0.15, 0.2) is 0 Å². The molecule has 0 aliphatic heterocycles. The van der Waals surface area contributed by atoms with Crippen molar-refractivity contribution in [1.82, 2.24) is 0 Å². The Morgan fingerprint density at radius 1 is 0.870 bits per heavy atom. The summed E-state index contributed by atoms with van der Waals surface area (Å²) in [7, 11) is -3.96. The highest BCUT2D eigenvalue weighted by molar-refractivity contribution is 6.79. The van der Waals surface area contributed by atoms with Crippen LogP contribution in [0.4, 0.5) is 0 Å². The molecule has 1 aromatic carbocycles. The Balaban J connectivity index is 3.21. The van der Waals surface area contributed by atoms with E-state index in [9.17, 15) is 14.4 Å². The summed E-state index contributed by atoms with van der Waals surface area (Å²) < 4.78 is 15.5. The Morgan fingerprint density at radius 3 is 1.65 bits per heavy atom. The minimum absolute atomic E-state index is 0.387. The number of unbranched alkanes of at least 4 members (excludes halogenated alkanes) is 1. The maximum Gasteiger partial charge on any atom is 0.742 e. The molecule has 23 heavy (non-hydrogen) atoms. The van der Waals surface area contributed by atoms with Gasteiger partial charge < -0.3 is 13.3 Å². The van der Waals surface area contributed by atoms with Crippen LogP contribution in [0.15, 0.2) is 24.3 Å². The van der Waals surface area contributed by atoms with Crippen LogP contribution in [0.25, 0.3) is 0 Å². The maximum atomic E-state index is 11.4. The van der Waals surface area contributed by atoms with E-state index < -0.39 is 26.7 Å². The molecule has 0 atom stereocenters. The molecule has 0 N–H and O–H groups in total. The zero-order chi connectivity index (χ0) is 17.5. The molecule has 0 bridgehead atoms. The van der Waals surface area contributed by atoms with Gasteiger partial charge in [-0.3, -0.25) is 14.4 Å². The first-order valence-electron chi connectivity index (χ1n) is 7.47. The van der Waals surface area contributed by atoms with Gasteiger partial charge in [0.25, 0.3) is 17.9 Å². The number of benzene rings is 1. The van der Waals surface area contributed by atoms with E-state index in [2.05, 4.69) is 6.92 Å². The van der Waals surface area contributed by atoms with Crippen molar-refractivity contribution in [3.05, 3.63) is 29.8 Å². The molecule has 0 fully saturated rings. The van der Waals surface area contributed by atoms with Gasteiger partial charge in [0, 0.05) is 20.8 Å². The maximum absolute atomic E-state index is 11.4. The highest BCUT2D eigenvalue weighted by Gasteiger charge is 2.54. The quantitative estimate of drug-likeness (QED) is 0.706. The summed E-state index contributed by atoms with van der Waals surface area (Å²) in [6.45, 7) is 5.62. The van der Waals surface area contributed by atoms with E-state index in [1.54, 1.807) is 12.1 Å². The van der Waals surface area contributed by atoms with Gasteiger partial charge in [-0.05, 0) is 18.4 Å². The molecule has 6 nitrogen and oxygen atoms in total. The average molecular weight is 338 g/mol. The zero-order valence-corrected chi connectivity index (χ0v) is 14.9. The van der Waals surface area contributed by atoms with Crippen molar-refractivity contribution in [2.24, 2.45) is 0 Å². The highest BCUT2D eigenvalue weighted by atomic mass is 28.4. The Kier molecular flexibility index (Phi) is 6.96. The molecule has 1 aromatic rings. The first-order valence-corrected chi connectivity index (χ1v) is 9.19. The third kappa shape index (κ3) is 5.86. The fourth-order valence-corrected chi connectivity index (χ4v) is 4.25. The number of carbonyl (C=O) groups excluding carboxylic acids is 3. The van der Waals surface area contributed by atoms with Crippen LogP contribution in [0.1, 0.15) is 46.1 Å². The van der Waals surface area contributed by atoms with Gasteiger partial charge in [-0.25, -0.2) is 0 Å². The van der Waals surface area contributed by atoms with Crippen molar-refractivity contribution in [1.29, 1.82) is 0 Å². The van der Waals surface area contributed by atoms with Crippen molar-refractivity contribution in [2.45, 2.75) is 47.0 Å². The molecule has 0 saturated carbocycles. The third-order valence-electron chi connectivity index (χ3n) is 2.96. The third-order valence-corrected chi connectivity index (χ3v) is 5.67. The first kappa shape index (κ1) is 18.9. The first-order chi connectivity index (χ1) is 10.8. The SMILES string of the molecule is CCCCc1ccc([Si](OC(C)=O)(OC(C)=O)OC(C)=O)cc1. The topological polar surface area (TPSA) is 78.9 Å². The molecule has 0 saturated heterocycles. The molecule has 126 valence electrons. The molecule has 0 aromatic heterocycles. The van der Waals surface area contributed by atoms with E-state index in [-0.39, 0.29) is 0 Å². The van der Waals surface area contributed by atoms with Gasteiger partial charge in [-0.1, -0.05) is 37.6 Å². The zero-order valence-electron chi connectivity index (χ0n) is 13.9. The molecule has 0 aliphatic rings. The Hall–Kier alpha value is -2.15. The molecular weight excluding hydrogens is 316 g/mol. The summed E-state index contributed by atoms with van der Waals surface area (Å²) >= 11 is 0. The van der Waals surface area contributed by atoms with E-state index in [1.165, 1.54) is 20.8 Å². The van der Waals surface area contributed by atoms with Gasteiger partial charge in [-0.2, -0.15) is 0 Å². The molecule has 0 aliphatic carbocycles. The van der Waals surface area contributed by atoms with Gasteiger partial charge in [0.05, 0.1) is 5.19 Å². The molecule has 1 rings (SSSR count). The summed E-state index contributed by atoms with van der Waals surface area (Å²) in [5, 5.41) is 0.387. The minimum atomic E-state index is -3.96. The lowest BCUT2D eigenvalue weighted by Crippen LogP contribution is -2.59. The summed E-state index contributed by atoms with van der Waals surface area (Å²) in [6, 6.07) is 7.05. The molecule has 0 unspecified atom stereocenters. The van der Waals surface area contributed by atoms with Gasteiger partial charge in [0.2, 0.25) is 0 Å². The molecule has 0 radical (unpaired) electrons. The molecule has 7 heteroatoms. The lowest BCUT2D eigenvalue weighted by molar-refractivity contribution is -0.146. The predicted molar refractivity (Wildman–Crippen MR) is 85.7 cm³/mol.